The summed E-state index contributed by atoms with van der Waals surface area (Å²) in [5, 5.41) is 8.75. The van der Waals surface area contributed by atoms with Crippen LogP contribution in [-0.4, -0.2) is 13.9 Å². The first-order valence-electron chi connectivity index (χ1n) is 6.00. The highest BCUT2D eigenvalue weighted by Crippen LogP contribution is 2.37. The molecule has 0 amide bonds. The molecule has 0 saturated heterocycles. The van der Waals surface area contributed by atoms with Crippen molar-refractivity contribution in [3.8, 4) is 11.8 Å². The molecule has 0 aliphatic carbocycles. The lowest BCUT2D eigenvalue weighted by molar-refractivity contribution is -0.0328. The van der Waals surface area contributed by atoms with Crippen molar-refractivity contribution in [2.45, 2.75) is 15.3 Å². The van der Waals surface area contributed by atoms with E-state index in [0.717, 1.165) is 24.3 Å². The summed E-state index contributed by atoms with van der Waals surface area (Å²) in [6.45, 7) is 0. The molecule has 0 atom stereocenters. The number of thioether (sulfide) groups is 1. The van der Waals surface area contributed by atoms with Gasteiger partial charge in [0.1, 0.15) is 10.6 Å². The van der Waals surface area contributed by atoms with Crippen molar-refractivity contribution in [2.75, 3.05) is 0 Å². The Morgan fingerprint density at radius 1 is 1.09 bits per heavy atom. The Morgan fingerprint density at radius 2 is 1.74 bits per heavy atom. The lowest BCUT2D eigenvalue weighted by Crippen LogP contribution is -2.09. The van der Waals surface area contributed by atoms with Crippen LogP contribution in [0.2, 0.25) is 0 Å². The lowest BCUT2D eigenvalue weighted by Gasteiger charge is -2.09. The average molecular weight is 359 g/mol. The van der Waals surface area contributed by atoms with Gasteiger partial charge in [0.05, 0.1) is 11.6 Å². The molecule has 2 aromatic rings. The van der Waals surface area contributed by atoms with Gasteiger partial charge >= 0.3 is 15.6 Å². The Bertz CT molecular complexity index is 841. The number of alkyl halides is 3. The molecule has 0 aromatic heterocycles. The summed E-state index contributed by atoms with van der Waals surface area (Å²) in [7, 11) is -4.20. The average Bonchev–Trinajstić information content (AvgIpc) is 2.46. The van der Waals surface area contributed by atoms with Gasteiger partial charge in [-0.1, -0.05) is 6.07 Å². The van der Waals surface area contributed by atoms with E-state index < -0.39 is 15.6 Å². The van der Waals surface area contributed by atoms with Gasteiger partial charge in [-0.2, -0.15) is 26.9 Å². The van der Waals surface area contributed by atoms with Crippen molar-refractivity contribution in [2.24, 2.45) is 0 Å². The predicted octanol–water partition coefficient (Wildman–Crippen LogP) is 3.94. The van der Waals surface area contributed by atoms with E-state index in [1.807, 2.05) is 6.07 Å². The van der Waals surface area contributed by atoms with Crippen molar-refractivity contribution in [1.82, 2.24) is 0 Å². The van der Waals surface area contributed by atoms with Crippen molar-refractivity contribution in [3.63, 3.8) is 0 Å². The summed E-state index contributed by atoms with van der Waals surface area (Å²) in [6.07, 6.45) is 0. The first kappa shape index (κ1) is 17.2. The zero-order chi connectivity index (χ0) is 17.1. The smallest absolute Gasteiger partial charge is 0.379 e. The highest BCUT2D eigenvalue weighted by molar-refractivity contribution is 8.00. The summed E-state index contributed by atoms with van der Waals surface area (Å²) >= 11 is -0.343. The topological polar surface area (TPSA) is 67.2 Å². The summed E-state index contributed by atoms with van der Waals surface area (Å²) in [6, 6.07) is 11.5. The van der Waals surface area contributed by atoms with E-state index in [0.29, 0.717) is 0 Å². The zero-order valence-corrected chi connectivity index (χ0v) is 12.9. The van der Waals surface area contributed by atoms with Crippen LogP contribution in [0.5, 0.6) is 5.75 Å². The van der Waals surface area contributed by atoms with Crippen LogP contribution in [0.4, 0.5) is 13.2 Å². The van der Waals surface area contributed by atoms with Crippen molar-refractivity contribution in [3.05, 3.63) is 54.1 Å². The summed E-state index contributed by atoms with van der Waals surface area (Å²) < 4.78 is 65.7. The van der Waals surface area contributed by atoms with E-state index in [-0.39, 0.29) is 32.9 Å². The third-order valence-electron chi connectivity index (χ3n) is 2.52. The van der Waals surface area contributed by atoms with Crippen molar-refractivity contribution < 1.29 is 25.8 Å². The van der Waals surface area contributed by atoms with Crippen molar-refractivity contribution in [1.29, 1.82) is 5.26 Å². The van der Waals surface area contributed by atoms with Gasteiger partial charge in [-0.15, -0.1) is 0 Å². The van der Waals surface area contributed by atoms with E-state index >= 15 is 0 Å². The Kier molecular flexibility index (Phi) is 4.87. The van der Waals surface area contributed by atoms with E-state index in [1.165, 1.54) is 24.3 Å². The fraction of sp³-hybridized carbons (Fsp3) is 0.0714. The minimum absolute atomic E-state index is 0.0576. The normalized spacial score (nSPS) is 11.7. The van der Waals surface area contributed by atoms with E-state index in [4.69, 9.17) is 9.44 Å². The highest BCUT2D eigenvalue weighted by atomic mass is 32.2. The minimum atomic E-state index is -4.45. The van der Waals surface area contributed by atoms with Gasteiger partial charge in [0, 0.05) is 4.90 Å². The Labute approximate surface area is 134 Å². The molecule has 0 heterocycles. The summed E-state index contributed by atoms with van der Waals surface area (Å²) in [4.78, 5) is -0.422. The molecule has 0 saturated carbocycles. The van der Waals surface area contributed by atoms with Crippen LogP contribution in [0.15, 0.2) is 58.3 Å². The fourth-order valence-electron chi connectivity index (χ4n) is 1.60. The van der Waals surface area contributed by atoms with Crippen LogP contribution >= 0.6 is 11.8 Å². The van der Waals surface area contributed by atoms with Crippen molar-refractivity contribution >= 4 is 21.9 Å². The van der Waals surface area contributed by atoms with Crippen LogP contribution in [-0.2, 0) is 10.1 Å². The largest absolute Gasteiger partial charge is 0.446 e. The molecule has 9 heteroatoms. The first-order chi connectivity index (χ1) is 10.7. The molecule has 0 unspecified atom stereocenters. The predicted molar refractivity (Wildman–Crippen MR) is 77.3 cm³/mol. The van der Waals surface area contributed by atoms with E-state index in [9.17, 15) is 21.6 Å². The number of nitrogens with zero attached hydrogens (tertiary/aromatic N) is 1. The molecule has 0 fully saturated rings. The van der Waals surface area contributed by atoms with Gasteiger partial charge in [0.2, 0.25) is 0 Å². The molecule has 23 heavy (non-hydrogen) atoms. The second-order valence-corrected chi connectivity index (χ2v) is 6.88. The molecule has 2 aromatic carbocycles. The van der Waals surface area contributed by atoms with Gasteiger partial charge in [0.25, 0.3) is 0 Å². The molecule has 2 rings (SSSR count). The van der Waals surface area contributed by atoms with E-state index in [1.54, 1.807) is 0 Å². The molecule has 0 N–H and O–H groups in total. The highest BCUT2D eigenvalue weighted by Gasteiger charge is 2.29. The maximum atomic E-state index is 12.2. The number of benzene rings is 2. The maximum absolute atomic E-state index is 12.2. The number of hydrogen-bond acceptors (Lipinski definition) is 5. The summed E-state index contributed by atoms with van der Waals surface area (Å²) in [5.74, 6) is -0.0576. The quantitative estimate of drug-likeness (QED) is 0.611. The van der Waals surface area contributed by atoms with Gasteiger partial charge in [-0.3, -0.25) is 0 Å². The van der Waals surface area contributed by atoms with Gasteiger partial charge < -0.3 is 4.18 Å². The number of rotatable bonds is 4. The molecule has 0 radical (unpaired) electrons. The Hall–Kier alpha value is -2.18. The zero-order valence-electron chi connectivity index (χ0n) is 11.2. The monoisotopic (exact) mass is 359 g/mol. The fourth-order valence-corrected chi connectivity index (χ4v) is 3.06. The van der Waals surface area contributed by atoms with Crippen LogP contribution in [0, 0.1) is 11.3 Å². The molecule has 0 aliphatic rings. The molecular formula is C14H8F3NO3S2. The number of nitriles is 1. The van der Waals surface area contributed by atoms with Crippen LogP contribution in [0.25, 0.3) is 0 Å². The van der Waals surface area contributed by atoms with E-state index in [2.05, 4.69) is 0 Å². The Morgan fingerprint density at radius 3 is 2.30 bits per heavy atom. The van der Waals surface area contributed by atoms with Crippen LogP contribution in [0.3, 0.4) is 0 Å². The van der Waals surface area contributed by atoms with Gasteiger partial charge in [-0.05, 0) is 54.2 Å². The SMILES string of the molecule is N#Cc1cccc(OS(=O)(=O)c2ccc(SC(F)(F)F)cc2)c1. The molecule has 0 bridgehead atoms. The summed E-state index contributed by atoms with van der Waals surface area (Å²) in [5.41, 5.74) is -4.23. The molecule has 0 spiro atoms. The molecule has 0 aliphatic heterocycles. The number of hydrogen-bond donors (Lipinski definition) is 0. The second kappa shape index (κ2) is 6.52. The second-order valence-electron chi connectivity index (χ2n) is 4.20. The minimum Gasteiger partial charge on any atom is -0.379 e. The van der Waals surface area contributed by atoms with Gasteiger partial charge in [0.15, 0.2) is 0 Å². The van der Waals surface area contributed by atoms with Crippen LogP contribution < -0.4 is 4.18 Å². The third kappa shape index (κ3) is 4.91. The lowest BCUT2D eigenvalue weighted by atomic mass is 10.2. The third-order valence-corrected chi connectivity index (χ3v) is 4.52. The maximum Gasteiger partial charge on any atom is 0.446 e. The van der Waals surface area contributed by atoms with Crippen LogP contribution in [0.1, 0.15) is 5.56 Å². The molecule has 120 valence electrons. The van der Waals surface area contributed by atoms with Gasteiger partial charge in [-0.25, -0.2) is 0 Å². The first-order valence-corrected chi connectivity index (χ1v) is 8.22. The Balaban J connectivity index is 2.21. The standard InChI is InChI=1S/C14H8F3NO3S2/c15-14(16,17)22-12-4-6-13(7-5-12)23(19,20)21-11-3-1-2-10(8-11)9-18/h1-8H. The molecular weight excluding hydrogens is 351 g/mol. The molecule has 4 nitrogen and oxygen atoms in total. The number of halogens is 3.